The van der Waals surface area contributed by atoms with Crippen LogP contribution in [0.4, 0.5) is 0 Å². The molecule has 0 bridgehead atoms. The molecule has 0 radical (unpaired) electrons. The number of carbonyl (C=O) groups is 1. The predicted octanol–water partition coefficient (Wildman–Crippen LogP) is 1.65. The molecule has 14 heavy (non-hydrogen) atoms. The van der Waals surface area contributed by atoms with Gasteiger partial charge in [0.05, 0.1) is 12.1 Å². The smallest absolute Gasteiger partial charge is 0.317 e. The van der Waals surface area contributed by atoms with Crippen molar-refractivity contribution in [3.63, 3.8) is 0 Å². The second-order valence-corrected chi connectivity index (χ2v) is 2.85. The standard InChI is InChI=1S/C10H8ClNO2/c1-14-10(13)4-2-3-9-6-5-8(11)7-12-9/h5-7H,4H2,1H3. The zero-order chi connectivity index (χ0) is 10.4. The lowest BCUT2D eigenvalue weighted by molar-refractivity contribution is -0.139. The van der Waals surface area contributed by atoms with E-state index >= 15 is 0 Å². The number of hydrogen-bond acceptors (Lipinski definition) is 3. The molecule has 1 heterocycles. The van der Waals surface area contributed by atoms with Gasteiger partial charge in [-0.3, -0.25) is 4.79 Å². The maximum atomic E-state index is 10.7. The Bertz CT molecular complexity index is 375. The van der Waals surface area contributed by atoms with E-state index in [4.69, 9.17) is 11.6 Å². The second kappa shape index (κ2) is 5.25. The molecule has 1 rings (SSSR count). The lowest BCUT2D eigenvalue weighted by atomic mass is 10.3. The molecule has 0 aromatic carbocycles. The van der Waals surface area contributed by atoms with E-state index in [1.54, 1.807) is 12.1 Å². The highest BCUT2D eigenvalue weighted by Crippen LogP contribution is 2.04. The lowest BCUT2D eigenvalue weighted by Gasteiger charge is -1.90. The fourth-order valence-electron chi connectivity index (χ4n) is 0.729. The van der Waals surface area contributed by atoms with Crippen LogP contribution in [0.3, 0.4) is 0 Å². The lowest BCUT2D eigenvalue weighted by Crippen LogP contribution is -1.97. The summed E-state index contributed by atoms with van der Waals surface area (Å²) in [5, 5.41) is 0.559. The molecule has 4 heteroatoms. The van der Waals surface area contributed by atoms with E-state index in [1.165, 1.54) is 13.3 Å². The Morgan fingerprint density at radius 2 is 2.43 bits per heavy atom. The van der Waals surface area contributed by atoms with Gasteiger partial charge in [0.2, 0.25) is 0 Å². The molecule has 0 N–H and O–H groups in total. The van der Waals surface area contributed by atoms with E-state index in [2.05, 4.69) is 21.6 Å². The molecule has 0 aliphatic carbocycles. The highest BCUT2D eigenvalue weighted by atomic mass is 35.5. The van der Waals surface area contributed by atoms with Crippen LogP contribution in [0, 0.1) is 11.8 Å². The van der Waals surface area contributed by atoms with Gasteiger partial charge < -0.3 is 4.74 Å². The van der Waals surface area contributed by atoms with Crippen LogP contribution >= 0.6 is 11.6 Å². The van der Waals surface area contributed by atoms with Crippen LogP contribution < -0.4 is 0 Å². The molecule has 0 amide bonds. The van der Waals surface area contributed by atoms with Gasteiger partial charge in [-0.1, -0.05) is 17.5 Å². The van der Waals surface area contributed by atoms with Crippen molar-refractivity contribution in [1.82, 2.24) is 4.98 Å². The third-order valence-corrected chi connectivity index (χ3v) is 1.63. The first kappa shape index (κ1) is 10.6. The molecule has 0 fully saturated rings. The van der Waals surface area contributed by atoms with Crippen molar-refractivity contribution in [1.29, 1.82) is 0 Å². The third kappa shape index (κ3) is 3.46. The Morgan fingerprint density at radius 1 is 1.64 bits per heavy atom. The first-order valence-electron chi connectivity index (χ1n) is 3.89. The largest absolute Gasteiger partial charge is 0.468 e. The van der Waals surface area contributed by atoms with E-state index in [0.717, 1.165) is 0 Å². The van der Waals surface area contributed by atoms with Crippen molar-refractivity contribution < 1.29 is 9.53 Å². The van der Waals surface area contributed by atoms with Gasteiger partial charge in [-0.2, -0.15) is 0 Å². The van der Waals surface area contributed by atoms with Crippen LogP contribution in [0.2, 0.25) is 5.02 Å². The SMILES string of the molecule is COC(=O)CC#Cc1ccc(Cl)cn1. The van der Waals surface area contributed by atoms with E-state index in [-0.39, 0.29) is 12.4 Å². The molecule has 0 spiro atoms. The summed E-state index contributed by atoms with van der Waals surface area (Å²) < 4.78 is 4.42. The number of nitrogens with zero attached hydrogens (tertiary/aromatic N) is 1. The number of hydrogen-bond donors (Lipinski definition) is 0. The van der Waals surface area contributed by atoms with Crippen molar-refractivity contribution in [2.75, 3.05) is 7.11 Å². The quantitative estimate of drug-likeness (QED) is 0.522. The van der Waals surface area contributed by atoms with Gasteiger partial charge in [0, 0.05) is 6.20 Å². The molecule has 3 nitrogen and oxygen atoms in total. The summed E-state index contributed by atoms with van der Waals surface area (Å²) in [7, 11) is 1.32. The summed E-state index contributed by atoms with van der Waals surface area (Å²) in [6, 6.07) is 3.38. The fourth-order valence-corrected chi connectivity index (χ4v) is 0.841. The van der Waals surface area contributed by atoms with Crippen LogP contribution in [0.1, 0.15) is 12.1 Å². The highest BCUT2D eigenvalue weighted by Gasteiger charge is 1.94. The fraction of sp³-hybridized carbons (Fsp3) is 0.200. The maximum absolute atomic E-state index is 10.7. The molecule has 72 valence electrons. The average Bonchev–Trinajstić information content (AvgIpc) is 2.21. The van der Waals surface area contributed by atoms with Crippen LogP contribution in [0.15, 0.2) is 18.3 Å². The van der Waals surface area contributed by atoms with Gasteiger partial charge in [-0.05, 0) is 18.1 Å². The van der Waals surface area contributed by atoms with E-state index < -0.39 is 0 Å². The van der Waals surface area contributed by atoms with Gasteiger partial charge >= 0.3 is 5.97 Å². The maximum Gasteiger partial charge on any atom is 0.317 e. The summed E-state index contributed by atoms with van der Waals surface area (Å²) in [6.45, 7) is 0. The van der Waals surface area contributed by atoms with Crippen molar-refractivity contribution in [2.45, 2.75) is 6.42 Å². The second-order valence-electron chi connectivity index (χ2n) is 2.42. The Labute approximate surface area is 87.1 Å². The number of methoxy groups -OCH3 is 1. The summed E-state index contributed by atoms with van der Waals surface area (Å²) in [4.78, 5) is 14.6. The van der Waals surface area contributed by atoms with Crippen molar-refractivity contribution in [3.05, 3.63) is 29.0 Å². The number of ether oxygens (including phenoxy) is 1. The van der Waals surface area contributed by atoms with Gasteiger partial charge in [-0.15, -0.1) is 0 Å². The van der Waals surface area contributed by atoms with Crippen LogP contribution in [0.25, 0.3) is 0 Å². The number of rotatable bonds is 1. The number of pyridine rings is 1. The van der Waals surface area contributed by atoms with Crippen molar-refractivity contribution in [3.8, 4) is 11.8 Å². The Hall–Kier alpha value is -1.53. The molecule has 0 aliphatic heterocycles. The van der Waals surface area contributed by atoms with Crippen LogP contribution in [-0.2, 0) is 9.53 Å². The normalized spacial score (nSPS) is 8.71. The minimum Gasteiger partial charge on any atom is -0.468 e. The summed E-state index contributed by atoms with van der Waals surface area (Å²) in [5.74, 6) is 5.00. The molecule has 1 aromatic heterocycles. The molecule has 0 saturated carbocycles. The Balaban J connectivity index is 2.59. The third-order valence-electron chi connectivity index (χ3n) is 1.40. The zero-order valence-corrected chi connectivity index (χ0v) is 8.34. The minimum absolute atomic E-state index is 0.0702. The summed E-state index contributed by atoms with van der Waals surface area (Å²) >= 11 is 5.63. The minimum atomic E-state index is -0.355. The monoisotopic (exact) mass is 209 g/mol. The Kier molecular flexibility index (Phi) is 3.96. The van der Waals surface area contributed by atoms with Gasteiger partial charge in [-0.25, -0.2) is 4.98 Å². The van der Waals surface area contributed by atoms with Gasteiger partial charge in [0.25, 0.3) is 0 Å². The molecule has 0 saturated heterocycles. The highest BCUT2D eigenvalue weighted by molar-refractivity contribution is 6.30. The number of halogens is 1. The molecule has 1 aromatic rings. The van der Waals surface area contributed by atoms with E-state index in [9.17, 15) is 4.79 Å². The van der Waals surface area contributed by atoms with Crippen LogP contribution in [-0.4, -0.2) is 18.1 Å². The topological polar surface area (TPSA) is 39.2 Å². The van der Waals surface area contributed by atoms with E-state index in [0.29, 0.717) is 10.7 Å². The Morgan fingerprint density at radius 3 is 3.00 bits per heavy atom. The number of carbonyl (C=O) groups excluding carboxylic acids is 1. The van der Waals surface area contributed by atoms with Gasteiger partial charge in [0.1, 0.15) is 12.1 Å². The average molecular weight is 210 g/mol. The molecular formula is C10H8ClNO2. The van der Waals surface area contributed by atoms with Crippen molar-refractivity contribution in [2.24, 2.45) is 0 Å². The summed E-state index contributed by atoms with van der Waals surface area (Å²) in [5.41, 5.74) is 0.582. The molecular weight excluding hydrogens is 202 g/mol. The zero-order valence-electron chi connectivity index (χ0n) is 7.58. The van der Waals surface area contributed by atoms with Crippen LogP contribution in [0.5, 0.6) is 0 Å². The molecule has 0 atom stereocenters. The summed E-state index contributed by atoms with van der Waals surface area (Å²) in [6.07, 6.45) is 1.57. The first-order valence-corrected chi connectivity index (χ1v) is 4.27. The van der Waals surface area contributed by atoms with E-state index in [1.807, 2.05) is 0 Å². The predicted molar refractivity (Wildman–Crippen MR) is 52.8 cm³/mol. The van der Waals surface area contributed by atoms with Gasteiger partial charge in [0.15, 0.2) is 0 Å². The number of aromatic nitrogens is 1. The van der Waals surface area contributed by atoms with Crippen molar-refractivity contribution >= 4 is 17.6 Å². The molecule has 0 aliphatic rings. The molecule has 0 unspecified atom stereocenters. The first-order chi connectivity index (χ1) is 6.72. The number of esters is 1.